The maximum absolute atomic E-state index is 10.8. The van der Waals surface area contributed by atoms with Crippen molar-refractivity contribution in [2.45, 2.75) is 32.7 Å². The number of benzene rings is 2. The number of aliphatic imine (C=N–C) groups is 1. The second kappa shape index (κ2) is 13.8. The van der Waals surface area contributed by atoms with Crippen LogP contribution in [0.15, 0.2) is 53.5 Å². The van der Waals surface area contributed by atoms with Gasteiger partial charge in [-0.2, -0.15) is 0 Å². The predicted octanol–water partition coefficient (Wildman–Crippen LogP) is 3.26. The summed E-state index contributed by atoms with van der Waals surface area (Å²) in [6, 6.07) is 15.8. The van der Waals surface area contributed by atoms with Gasteiger partial charge in [0.25, 0.3) is 5.91 Å². The molecular formula is C24H33IN4O3. The molecule has 1 fully saturated rings. The molecule has 0 spiro atoms. The first-order chi connectivity index (χ1) is 15.1. The monoisotopic (exact) mass is 552 g/mol. The molecule has 7 nitrogen and oxygen atoms in total. The highest BCUT2D eigenvalue weighted by molar-refractivity contribution is 14.0. The maximum atomic E-state index is 10.8. The van der Waals surface area contributed by atoms with E-state index in [4.69, 9.17) is 20.2 Å². The lowest BCUT2D eigenvalue weighted by Gasteiger charge is -2.13. The van der Waals surface area contributed by atoms with Crippen LogP contribution in [0.25, 0.3) is 0 Å². The van der Waals surface area contributed by atoms with Gasteiger partial charge >= 0.3 is 0 Å². The summed E-state index contributed by atoms with van der Waals surface area (Å²) in [5, 5.41) is 6.67. The van der Waals surface area contributed by atoms with Gasteiger partial charge in [0.2, 0.25) is 0 Å². The zero-order chi connectivity index (χ0) is 21.9. The zero-order valence-corrected chi connectivity index (χ0v) is 20.8. The van der Waals surface area contributed by atoms with E-state index >= 15 is 0 Å². The number of hydrogen-bond acceptors (Lipinski definition) is 4. The predicted molar refractivity (Wildman–Crippen MR) is 138 cm³/mol. The number of halogens is 1. The minimum atomic E-state index is -0.486. The van der Waals surface area contributed by atoms with E-state index in [-0.39, 0.29) is 30.6 Å². The van der Waals surface area contributed by atoms with Crippen molar-refractivity contribution in [3.63, 3.8) is 0 Å². The van der Waals surface area contributed by atoms with Crippen LogP contribution in [0.4, 0.5) is 0 Å². The van der Waals surface area contributed by atoms with Crippen molar-refractivity contribution in [3.8, 4) is 11.5 Å². The Morgan fingerprint density at radius 2 is 1.84 bits per heavy atom. The molecule has 0 saturated heterocycles. The van der Waals surface area contributed by atoms with Gasteiger partial charge in [-0.25, -0.2) is 4.99 Å². The average molecular weight is 552 g/mol. The van der Waals surface area contributed by atoms with E-state index in [0.29, 0.717) is 12.3 Å². The molecule has 8 heteroatoms. The molecule has 0 bridgehead atoms. The van der Waals surface area contributed by atoms with Crippen LogP contribution >= 0.6 is 24.0 Å². The number of carbonyl (C=O) groups excluding carboxylic acids is 1. The average Bonchev–Trinajstić information content (AvgIpc) is 3.60. The summed E-state index contributed by atoms with van der Waals surface area (Å²) in [6.45, 7) is 4.82. The van der Waals surface area contributed by atoms with E-state index < -0.39 is 5.91 Å². The van der Waals surface area contributed by atoms with Gasteiger partial charge < -0.3 is 25.8 Å². The molecule has 2 aromatic carbocycles. The number of nitrogens with two attached hydrogens (primary N) is 1. The Morgan fingerprint density at radius 1 is 1.09 bits per heavy atom. The first-order valence-electron chi connectivity index (χ1n) is 10.9. The topological polar surface area (TPSA) is 98.0 Å². The Balaban J connectivity index is 0.00000363. The second-order valence-corrected chi connectivity index (χ2v) is 7.63. The first kappa shape index (κ1) is 25.8. The van der Waals surface area contributed by atoms with E-state index in [1.165, 1.54) is 12.8 Å². The molecule has 0 aromatic heterocycles. The molecule has 32 heavy (non-hydrogen) atoms. The van der Waals surface area contributed by atoms with E-state index in [0.717, 1.165) is 54.9 Å². The third-order valence-electron chi connectivity index (χ3n) is 4.91. The Kier molecular flexibility index (Phi) is 11.1. The molecular weight excluding hydrogens is 519 g/mol. The summed E-state index contributed by atoms with van der Waals surface area (Å²) in [7, 11) is 0. The van der Waals surface area contributed by atoms with Crippen molar-refractivity contribution in [1.29, 1.82) is 0 Å². The molecule has 2 aromatic rings. The SMILES string of the molecule is CCNC(=NCc1ccccc1OCC1CC1)NCCc1ccc(OCC(N)=O)cc1.I. The van der Waals surface area contributed by atoms with E-state index in [9.17, 15) is 4.79 Å². The molecule has 0 aliphatic heterocycles. The summed E-state index contributed by atoms with van der Waals surface area (Å²) in [4.78, 5) is 15.5. The summed E-state index contributed by atoms with van der Waals surface area (Å²) in [6.07, 6.45) is 3.39. The van der Waals surface area contributed by atoms with Crippen molar-refractivity contribution in [2.24, 2.45) is 16.6 Å². The van der Waals surface area contributed by atoms with Crippen molar-refractivity contribution < 1.29 is 14.3 Å². The number of nitrogens with one attached hydrogen (secondary N) is 2. The van der Waals surface area contributed by atoms with Crippen LogP contribution in [-0.4, -0.2) is 38.2 Å². The summed E-state index contributed by atoms with van der Waals surface area (Å²) in [5.41, 5.74) is 7.34. The van der Waals surface area contributed by atoms with Crippen molar-refractivity contribution in [1.82, 2.24) is 10.6 Å². The quantitative estimate of drug-likeness (QED) is 0.214. The maximum Gasteiger partial charge on any atom is 0.255 e. The standard InChI is InChI=1S/C24H32N4O3.HI/c1-2-26-24(27-14-13-18-9-11-21(12-10-18)30-17-23(25)29)28-15-20-5-3-4-6-22(20)31-16-19-7-8-19;/h3-6,9-12,19H,2,7-8,13-17H2,1H3,(H2,25,29)(H2,26,27,28);1H. The third kappa shape index (κ3) is 9.33. The van der Waals surface area contributed by atoms with Crippen LogP contribution in [0.2, 0.25) is 0 Å². The molecule has 1 aliphatic rings. The van der Waals surface area contributed by atoms with E-state index in [1.807, 2.05) is 42.5 Å². The van der Waals surface area contributed by atoms with Gasteiger partial charge in [-0.05, 0) is 55.9 Å². The van der Waals surface area contributed by atoms with Gasteiger partial charge in [0.05, 0.1) is 13.2 Å². The normalized spacial score (nSPS) is 13.1. The lowest BCUT2D eigenvalue weighted by atomic mass is 10.1. The van der Waals surface area contributed by atoms with Crippen molar-refractivity contribution in [3.05, 3.63) is 59.7 Å². The van der Waals surface area contributed by atoms with Crippen LogP contribution in [0.1, 0.15) is 30.9 Å². The molecule has 3 rings (SSSR count). The fourth-order valence-electron chi connectivity index (χ4n) is 3.01. The fraction of sp³-hybridized carbons (Fsp3) is 0.417. The second-order valence-electron chi connectivity index (χ2n) is 7.63. The summed E-state index contributed by atoms with van der Waals surface area (Å²) < 4.78 is 11.3. The minimum absolute atomic E-state index is 0. The number of hydrogen-bond donors (Lipinski definition) is 3. The van der Waals surface area contributed by atoms with Gasteiger partial charge in [0.1, 0.15) is 11.5 Å². The Bertz CT molecular complexity index is 870. The molecule has 0 heterocycles. The zero-order valence-electron chi connectivity index (χ0n) is 18.5. The molecule has 1 amide bonds. The van der Waals surface area contributed by atoms with Crippen LogP contribution in [-0.2, 0) is 17.8 Å². The highest BCUT2D eigenvalue weighted by atomic mass is 127. The highest BCUT2D eigenvalue weighted by Gasteiger charge is 2.22. The first-order valence-corrected chi connectivity index (χ1v) is 10.9. The largest absolute Gasteiger partial charge is 0.493 e. The summed E-state index contributed by atoms with van der Waals surface area (Å²) >= 11 is 0. The lowest BCUT2D eigenvalue weighted by Crippen LogP contribution is -2.38. The van der Waals surface area contributed by atoms with Crippen molar-refractivity contribution >= 4 is 35.8 Å². The Morgan fingerprint density at radius 3 is 2.53 bits per heavy atom. The summed E-state index contributed by atoms with van der Waals surface area (Å²) in [5.74, 6) is 2.57. The van der Waals surface area contributed by atoms with E-state index in [2.05, 4.69) is 23.6 Å². The number of guanidine groups is 1. The number of para-hydroxylation sites is 1. The Labute approximate surface area is 207 Å². The number of ether oxygens (including phenoxy) is 2. The van der Waals surface area contributed by atoms with E-state index in [1.54, 1.807) is 0 Å². The van der Waals surface area contributed by atoms with Crippen LogP contribution in [0, 0.1) is 5.92 Å². The minimum Gasteiger partial charge on any atom is -0.493 e. The molecule has 0 unspecified atom stereocenters. The smallest absolute Gasteiger partial charge is 0.255 e. The van der Waals surface area contributed by atoms with Gasteiger partial charge in [0.15, 0.2) is 12.6 Å². The van der Waals surface area contributed by atoms with Gasteiger partial charge in [-0.1, -0.05) is 30.3 Å². The Hall–Kier alpha value is -2.49. The fourth-order valence-corrected chi connectivity index (χ4v) is 3.01. The van der Waals surface area contributed by atoms with Crippen LogP contribution in [0.5, 0.6) is 11.5 Å². The molecule has 1 aliphatic carbocycles. The molecule has 0 radical (unpaired) electrons. The number of rotatable bonds is 12. The van der Waals surface area contributed by atoms with Gasteiger partial charge in [-0.15, -0.1) is 24.0 Å². The van der Waals surface area contributed by atoms with Crippen LogP contribution in [0.3, 0.4) is 0 Å². The van der Waals surface area contributed by atoms with Gasteiger partial charge in [-0.3, -0.25) is 4.79 Å². The number of carbonyl (C=O) groups is 1. The molecule has 174 valence electrons. The molecule has 1 saturated carbocycles. The number of amides is 1. The van der Waals surface area contributed by atoms with Crippen molar-refractivity contribution in [2.75, 3.05) is 26.3 Å². The highest BCUT2D eigenvalue weighted by Crippen LogP contribution is 2.30. The molecule has 0 atom stereocenters. The number of primary amides is 1. The lowest BCUT2D eigenvalue weighted by molar-refractivity contribution is -0.119. The van der Waals surface area contributed by atoms with Crippen LogP contribution < -0.4 is 25.8 Å². The molecule has 4 N–H and O–H groups in total. The third-order valence-corrected chi connectivity index (χ3v) is 4.91. The van der Waals surface area contributed by atoms with Gasteiger partial charge in [0, 0.05) is 18.7 Å². The number of nitrogens with zero attached hydrogens (tertiary/aromatic N) is 1.